The van der Waals surface area contributed by atoms with Crippen LogP contribution < -0.4 is 10.1 Å². The molecule has 8 nitrogen and oxygen atoms in total. The molecule has 0 aromatic carbocycles. The lowest BCUT2D eigenvalue weighted by atomic mass is 9.92. The van der Waals surface area contributed by atoms with Crippen molar-refractivity contribution in [3.63, 3.8) is 0 Å². The lowest BCUT2D eigenvalue weighted by molar-refractivity contribution is -0.353. The smallest absolute Gasteiger partial charge is 0.474 e. The number of carbonyl (C=O) groups excluding carboxylic acids is 2. The van der Waals surface area contributed by atoms with Crippen LogP contribution in [-0.4, -0.2) is 66.7 Å². The molecular weight excluding hydrogens is 496 g/mol. The van der Waals surface area contributed by atoms with Crippen molar-refractivity contribution in [1.29, 1.82) is 0 Å². The quantitative estimate of drug-likeness (QED) is 0.610. The summed E-state index contributed by atoms with van der Waals surface area (Å²) in [5, 5.41) is 3.63. The van der Waals surface area contributed by atoms with Gasteiger partial charge in [0.05, 0.1) is 34.4 Å². The molecule has 0 atom stereocenters. The van der Waals surface area contributed by atoms with Gasteiger partial charge < -0.3 is 19.7 Å². The van der Waals surface area contributed by atoms with Gasteiger partial charge in [0.25, 0.3) is 5.91 Å². The van der Waals surface area contributed by atoms with Crippen LogP contribution in [0.2, 0.25) is 0 Å². The number of amides is 2. The molecule has 34 heavy (non-hydrogen) atoms. The fourth-order valence-electron chi connectivity index (χ4n) is 3.50. The van der Waals surface area contributed by atoms with E-state index in [2.05, 4.69) is 15.0 Å². The van der Waals surface area contributed by atoms with Crippen LogP contribution in [0.25, 0.3) is 10.2 Å². The van der Waals surface area contributed by atoms with E-state index < -0.39 is 48.4 Å². The van der Waals surface area contributed by atoms with Crippen molar-refractivity contribution < 1.29 is 50.1 Å². The molecule has 1 aliphatic heterocycles. The van der Waals surface area contributed by atoms with E-state index in [1.165, 1.54) is 12.4 Å². The third-order valence-corrected chi connectivity index (χ3v) is 6.29. The zero-order chi connectivity index (χ0) is 24.8. The molecular formula is C19H17F6N3O5S. The molecule has 2 fully saturated rings. The zero-order valence-corrected chi connectivity index (χ0v) is 18.1. The maximum atomic E-state index is 13.6. The number of fused-ring (bicyclic) bond motifs is 1. The Kier molecular flexibility index (Phi) is 6.27. The number of alkyl halides is 6. The van der Waals surface area contributed by atoms with Gasteiger partial charge in [-0.1, -0.05) is 0 Å². The summed E-state index contributed by atoms with van der Waals surface area (Å²) in [6.07, 6.45) is -12.3. The SMILES string of the molecule is CNC(=O)c1csc2c(C(F)(F)F)cc(OC3CC(OC(=O)N4CC(OC(F)(F)F)C4)C3)nc12. The first-order valence-electron chi connectivity index (χ1n) is 9.92. The Labute approximate surface area is 191 Å². The average Bonchev–Trinajstić information content (AvgIpc) is 3.09. The summed E-state index contributed by atoms with van der Waals surface area (Å²) >= 11 is 0.747. The number of nitrogens with zero attached hydrogens (tertiary/aromatic N) is 2. The lowest BCUT2D eigenvalue weighted by Gasteiger charge is -2.41. The Bertz CT molecular complexity index is 1090. The molecule has 2 aromatic heterocycles. The Balaban J connectivity index is 1.35. The van der Waals surface area contributed by atoms with E-state index in [1.54, 1.807) is 0 Å². The van der Waals surface area contributed by atoms with Crippen molar-refractivity contribution >= 4 is 33.6 Å². The van der Waals surface area contributed by atoms with Gasteiger partial charge in [0.15, 0.2) is 0 Å². The van der Waals surface area contributed by atoms with Gasteiger partial charge in [0.1, 0.15) is 18.3 Å². The molecule has 0 unspecified atom stereocenters. The first-order chi connectivity index (χ1) is 15.8. The Morgan fingerprint density at radius 2 is 1.79 bits per heavy atom. The lowest BCUT2D eigenvalue weighted by Crippen LogP contribution is -2.57. The number of halogens is 6. The number of rotatable bonds is 5. The highest BCUT2D eigenvalue weighted by atomic mass is 32.1. The van der Waals surface area contributed by atoms with Crippen LogP contribution in [0.1, 0.15) is 28.8 Å². The molecule has 0 radical (unpaired) electrons. The van der Waals surface area contributed by atoms with Crippen LogP contribution in [0, 0.1) is 0 Å². The monoisotopic (exact) mass is 513 g/mol. The summed E-state index contributed by atoms with van der Waals surface area (Å²) < 4.78 is 91.3. The van der Waals surface area contributed by atoms with Crippen LogP contribution in [0.5, 0.6) is 5.88 Å². The predicted octanol–water partition coefficient (Wildman–Crippen LogP) is 3.94. The molecule has 0 spiro atoms. The third-order valence-electron chi connectivity index (χ3n) is 5.29. The minimum atomic E-state index is -4.79. The highest BCUT2D eigenvalue weighted by Gasteiger charge is 2.43. The third kappa shape index (κ3) is 5.14. The van der Waals surface area contributed by atoms with Crippen molar-refractivity contribution in [2.45, 2.75) is 43.7 Å². The molecule has 1 saturated carbocycles. The molecule has 1 N–H and O–H groups in total. The number of hydrogen-bond acceptors (Lipinski definition) is 7. The number of aromatic nitrogens is 1. The summed E-state index contributed by atoms with van der Waals surface area (Å²) in [6.45, 7) is -0.521. The number of nitrogens with one attached hydrogen (secondary N) is 1. The van der Waals surface area contributed by atoms with Crippen LogP contribution in [0.4, 0.5) is 31.1 Å². The van der Waals surface area contributed by atoms with Gasteiger partial charge in [-0.2, -0.15) is 13.2 Å². The maximum Gasteiger partial charge on any atom is 0.522 e. The largest absolute Gasteiger partial charge is 0.522 e. The van der Waals surface area contributed by atoms with E-state index in [9.17, 15) is 35.9 Å². The van der Waals surface area contributed by atoms with Crippen molar-refractivity contribution in [3.05, 3.63) is 22.6 Å². The minimum absolute atomic E-state index is 0.0128. The highest BCUT2D eigenvalue weighted by Crippen LogP contribution is 2.41. The fourth-order valence-corrected chi connectivity index (χ4v) is 4.52. The van der Waals surface area contributed by atoms with Crippen molar-refractivity contribution in [2.24, 2.45) is 0 Å². The Hall–Kier alpha value is -2.81. The maximum absolute atomic E-state index is 13.6. The molecule has 2 amide bonds. The van der Waals surface area contributed by atoms with E-state index in [0.717, 1.165) is 22.3 Å². The zero-order valence-electron chi connectivity index (χ0n) is 17.3. The standard InChI is InChI=1S/C19H17F6N3O5S/c1-26-16(29)11-7-34-15-12(18(20,21)22)4-13(27-14(11)15)31-8-2-9(3-8)32-17(30)28-5-10(6-28)33-19(23,24)25/h4,7-10H,2-3,5-6H2,1H3,(H,26,29). The van der Waals surface area contributed by atoms with Crippen LogP contribution in [-0.2, 0) is 15.7 Å². The normalized spacial score (nSPS) is 21.1. The summed E-state index contributed by atoms with van der Waals surface area (Å²) in [7, 11) is 1.34. The predicted molar refractivity (Wildman–Crippen MR) is 104 cm³/mol. The van der Waals surface area contributed by atoms with Crippen LogP contribution >= 0.6 is 11.3 Å². The molecule has 2 aliphatic rings. The molecule has 0 bridgehead atoms. The van der Waals surface area contributed by atoms with E-state index in [1.807, 2.05) is 0 Å². The number of ether oxygens (including phenoxy) is 3. The molecule has 2 aromatic rings. The molecule has 1 saturated heterocycles. The first kappa shape index (κ1) is 24.3. The van der Waals surface area contributed by atoms with Gasteiger partial charge >= 0.3 is 18.6 Å². The summed E-state index contributed by atoms with van der Waals surface area (Å²) in [5.41, 5.74) is -1.13. The van der Waals surface area contributed by atoms with Crippen molar-refractivity contribution in [2.75, 3.05) is 20.1 Å². The van der Waals surface area contributed by atoms with E-state index >= 15 is 0 Å². The number of likely N-dealkylation sites (tertiary alicyclic amines) is 1. The van der Waals surface area contributed by atoms with Gasteiger partial charge in [-0.25, -0.2) is 9.78 Å². The number of hydrogen-bond donors (Lipinski definition) is 1. The second-order valence-electron chi connectivity index (χ2n) is 7.72. The van der Waals surface area contributed by atoms with E-state index in [-0.39, 0.29) is 47.6 Å². The Morgan fingerprint density at radius 1 is 1.12 bits per heavy atom. The fraction of sp³-hybridized carbons (Fsp3) is 0.526. The van der Waals surface area contributed by atoms with Gasteiger partial charge in [0, 0.05) is 31.3 Å². The molecule has 186 valence electrons. The Morgan fingerprint density at radius 3 is 2.38 bits per heavy atom. The second kappa shape index (κ2) is 8.76. The minimum Gasteiger partial charge on any atom is -0.474 e. The van der Waals surface area contributed by atoms with E-state index in [0.29, 0.717) is 0 Å². The van der Waals surface area contributed by atoms with Gasteiger partial charge in [0.2, 0.25) is 5.88 Å². The van der Waals surface area contributed by atoms with Crippen LogP contribution in [0.3, 0.4) is 0 Å². The van der Waals surface area contributed by atoms with Gasteiger partial charge in [-0.05, 0) is 0 Å². The van der Waals surface area contributed by atoms with Crippen molar-refractivity contribution in [3.8, 4) is 5.88 Å². The number of pyridine rings is 1. The van der Waals surface area contributed by atoms with E-state index in [4.69, 9.17) is 9.47 Å². The highest BCUT2D eigenvalue weighted by molar-refractivity contribution is 7.17. The second-order valence-corrected chi connectivity index (χ2v) is 8.60. The summed E-state index contributed by atoms with van der Waals surface area (Å²) in [6, 6.07) is 0.757. The van der Waals surface area contributed by atoms with Gasteiger partial charge in [-0.3, -0.25) is 9.53 Å². The average molecular weight is 513 g/mol. The number of carbonyl (C=O) groups is 2. The van der Waals surface area contributed by atoms with Crippen molar-refractivity contribution in [1.82, 2.24) is 15.2 Å². The summed E-state index contributed by atoms with van der Waals surface area (Å²) in [5.74, 6) is -0.915. The number of thiophene rings is 1. The molecule has 15 heteroatoms. The topological polar surface area (TPSA) is 90.0 Å². The van der Waals surface area contributed by atoms with Crippen LogP contribution in [0.15, 0.2) is 11.4 Å². The van der Waals surface area contributed by atoms with Gasteiger partial charge in [-0.15, -0.1) is 24.5 Å². The molecule has 3 heterocycles. The first-order valence-corrected chi connectivity index (χ1v) is 10.8. The molecule has 4 rings (SSSR count). The molecule has 1 aliphatic carbocycles. The summed E-state index contributed by atoms with van der Waals surface area (Å²) in [4.78, 5) is 29.1.